The van der Waals surface area contributed by atoms with Crippen molar-refractivity contribution in [3.05, 3.63) is 431 Å². The number of rotatable bonds is 27. The second-order valence-corrected chi connectivity index (χ2v) is 59.5. The number of aromatic nitrogens is 2. The number of H-pyrrole nitrogens is 1. The van der Waals surface area contributed by atoms with Crippen LogP contribution in [0.25, 0.3) is 55.5 Å². The number of hydrogen-bond acceptors (Lipinski definition) is 9. The molecule has 0 atom stereocenters. The van der Waals surface area contributed by atoms with Gasteiger partial charge in [0.05, 0.1) is 31.7 Å². The van der Waals surface area contributed by atoms with Crippen LogP contribution in [0.15, 0.2) is 408 Å². The highest BCUT2D eigenvalue weighted by atomic mass is 79.9. The van der Waals surface area contributed by atoms with Gasteiger partial charge in [0.25, 0.3) is 25.0 Å². The Morgan fingerprint density at radius 3 is 0.887 bits per heavy atom. The molecular weight excluding hydrogens is 2010 g/mol. The third-order valence-electron chi connectivity index (χ3n) is 24.8. The monoisotopic (exact) mass is 2140 g/mol. The fourth-order valence-electron chi connectivity index (χ4n) is 17.2. The largest absolute Gasteiger partial charge is 0.406 e. The van der Waals surface area contributed by atoms with Crippen molar-refractivity contribution in [1.29, 1.82) is 0 Å². The van der Waals surface area contributed by atoms with Gasteiger partial charge in [-0.05, 0) is 213 Å². The molecule has 14 aromatic carbocycles. The summed E-state index contributed by atoms with van der Waals surface area (Å²) >= 11 is 10.4. The summed E-state index contributed by atoms with van der Waals surface area (Å²) in [5.74, 6) is 8.50. The first kappa shape index (κ1) is 110. The van der Waals surface area contributed by atoms with Crippen molar-refractivity contribution in [3.8, 4) is 80.7 Å². The third kappa shape index (κ3) is 30.3. The molecule has 0 aliphatic heterocycles. The van der Waals surface area contributed by atoms with Crippen LogP contribution in [-0.4, -0.2) is 129 Å². The molecule has 3 N–H and O–H groups in total. The van der Waals surface area contributed by atoms with Crippen LogP contribution < -0.4 is 51.1 Å². The van der Waals surface area contributed by atoms with Crippen LogP contribution >= 0.6 is 47.8 Å². The Morgan fingerprint density at radius 2 is 0.627 bits per heavy atom. The molecule has 0 unspecified atom stereocenters. The van der Waals surface area contributed by atoms with Gasteiger partial charge >= 0.3 is 0 Å². The first-order valence-electron chi connectivity index (χ1n) is 48.2. The van der Waals surface area contributed by atoms with Gasteiger partial charge in [0, 0.05) is 101 Å². The minimum atomic E-state index is -2.52. The number of hydrogen-bond donors (Lipinski definition) is 3. The quantitative estimate of drug-likeness (QED) is 0.0264. The predicted octanol–water partition coefficient (Wildman–Crippen LogP) is 26.8. The molecule has 2 aromatic heterocycles. The van der Waals surface area contributed by atoms with Crippen LogP contribution in [0.5, 0.6) is 0 Å². The van der Waals surface area contributed by atoms with E-state index in [1.165, 1.54) is 88.1 Å². The summed E-state index contributed by atoms with van der Waals surface area (Å²) < 4.78 is 37.4. The molecule has 142 heavy (non-hydrogen) atoms. The summed E-state index contributed by atoms with van der Waals surface area (Å²) in [6.07, 6.45) is 11.8. The van der Waals surface area contributed by atoms with Gasteiger partial charge in [0.2, 0.25) is 0 Å². The molecule has 0 spiro atoms. The van der Waals surface area contributed by atoms with Crippen molar-refractivity contribution in [1.82, 2.24) is 15.3 Å². The molecule has 16 rings (SSSR count). The summed E-state index contributed by atoms with van der Waals surface area (Å²) in [7, 11) is -0.258. The number of halogens is 4. The summed E-state index contributed by atoms with van der Waals surface area (Å²) in [6, 6.07) is 135. The molecule has 0 fully saturated rings. The van der Waals surface area contributed by atoms with Gasteiger partial charge in [-0.3, -0.25) is 0 Å². The summed E-state index contributed by atoms with van der Waals surface area (Å²) in [5.41, 5.74) is 18.8. The molecule has 18 heteroatoms. The molecule has 0 bridgehead atoms. The zero-order chi connectivity index (χ0) is 102. The van der Waals surface area contributed by atoms with Gasteiger partial charge in [-0.2, -0.15) is 0 Å². The van der Waals surface area contributed by atoms with Crippen molar-refractivity contribution in [2.45, 2.75) is 97.1 Å². The van der Waals surface area contributed by atoms with Crippen LogP contribution in [0.2, 0.25) is 34.8 Å². The molecule has 0 amide bonds. The van der Waals surface area contributed by atoms with E-state index in [2.05, 4.69) is 520 Å². The zero-order valence-corrected chi connectivity index (χ0v) is 93.6. The summed E-state index contributed by atoms with van der Waals surface area (Å²) in [5, 5.41) is 20.9. The number of likely N-dealkylation sites (N-methyl/N-ethyl adjacent to an activating group) is 4. The molecule has 2 heterocycles. The molecule has 10 nitrogen and oxygen atoms in total. The van der Waals surface area contributed by atoms with Gasteiger partial charge < -0.3 is 43.4 Å². The number of benzene rings is 14. The minimum absolute atomic E-state index is 0.0133. The lowest BCUT2D eigenvalue weighted by Crippen LogP contribution is -2.67. The molecule has 0 aliphatic carbocycles. The van der Waals surface area contributed by atoms with E-state index >= 15 is 0 Å². The molecule has 728 valence electrons. The Bertz CT molecular complexity index is 6510. The Morgan fingerprint density at radius 1 is 0.366 bits per heavy atom. The van der Waals surface area contributed by atoms with Crippen LogP contribution in [0, 0.1) is 42.0 Å². The van der Waals surface area contributed by atoms with Crippen LogP contribution in [-0.2, 0) is 13.3 Å². The maximum atomic E-state index is 13.2. The zero-order valence-electron chi connectivity index (χ0n) is 84.8. The molecule has 16 aromatic rings. The number of anilines is 3. The summed E-state index contributed by atoms with van der Waals surface area (Å²) in [4.78, 5) is 13.7. The van der Waals surface area contributed by atoms with E-state index in [0.717, 1.165) is 67.6 Å². The highest BCUT2D eigenvalue weighted by Crippen LogP contribution is 2.41. The van der Waals surface area contributed by atoms with E-state index in [4.69, 9.17) is 31.2 Å². The van der Waals surface area contributed by atoms with Gasteiger partial charge in [0.15, 0.2) is 0 Å². The average molecular weight is 2140 g/mol. The third-order valence-corrected chi connectivity index (χ3v) is 42.4. The maximum Gasteiger partial charge on any atom is 0.261 e. The first-order chi connectivity index (χ1) is 68.1. The predicted molar refractivity (Wildman–Crippen MR) is 624 cm³/mol. The molecule has 0 radical (unpaired) electrons. The second-order valence-electron chi connectivity index (χ2n) is 39.0. The average Bonchev–Trinajstić information content (AvgIpc) is 1.03. The molecule has 0 saturated carbocycles. The number of nitrogens with zero attached hydrogens (tertiary/aromatic N) is 4. The maximum absolute atomic E-state index is 13.2. The topological polar surface area (TPSA) is 98.4 Å². The van der Waals surface area contributed by atoms with Crippen LogP contribution in [0.1, 0.15) is 79.1 Å². The SMILES string of the molecule is Brc1ccc(-c2ccc(Br)cc2)cc1.C#C[Si](C)(C)C.C#Cc1ccc(-c2ccc(N(C)CCO[Si](c3ccccc3)(c3ccccc3)C(C)(C)C)cc2)cc1.CN(CCO)c1ccc(-c2ccc(C#Cc3cc4cc(F)cnc4[nH]3)cc2)cc1.CN(CCO[Si](c1ccccc1)(c1ccccc1)C(C)(C)C)c1ccc(-c2ccc(Br)cc2)cc1.CNCCO[Si](c1ccccc1)(c1ccccc1)C(C)(C)C. The van der Waals surface area contributed by atoms with E-state index < -0.39 is 33.0 Å². The van der Waals surface area contributed by atoms with E-state index in [-0.39, 0.29) is 27.5 Å². The van der Waals surface area contributed by atoms with Crippen molar-refractivity contribution in [2.75, 3.05) is 95.5 Å². The number of aliphatic hydroxyl groups excluding tert-OH is 1. The number of aromatic amines is 1. The molecular formula is C124H134Br3FN6O4Si4. The Balaban J connectivity index is 0.000000171. The number of fused-ring (bicyclic) bond motifs is 1. The number of nitrogens with one attached hydrogen (secondary N) is 2. The van der Waals surface area contributed by atoms with Gasteiger partial charge in [-0.25, -0.2) is 9.37 Å². The van der Waals surface area contributed by atoms with Gasteiger partial charge in [-0.1, -0.05) is 421 Å². The second kappa shape index (κ2) is 52.8. The standard InChI is InChI=1S/C33H35NOSi.C31H34BrNOSi.C24H20FN3O.C19H27NOSi.C12H8Br2.C5H10Si/c1-6-27-17-19-28(20-18-27)29-21-23-30(24-22-29)34(5)25-26-35-36(33(2,3)4,31-13-9-7-10-14-31)32-15-11-8-12-16-32;1-31(2,3)35(29-11-7-5-8-12-29,30-13-9-6-10-14-30)34-24-23-33(4)28-21-17-26(18-22-28)25-15-19-27(32)20-16-25;1-28(12-13-29)23-10-7-19(8-11-23)18-5-2-17(3-6-18)4-9-22-15-20-14-21(25)16-26-24(20)27-22;1-19(2,3)22(21-16-15-20-4,17-11-7-5-8-12-17)18-13-9-6-10-14-18;13-11-5-1-9(2-6-11)10-3-7-12(14)8-4-10;1-5-6(2,3)4/h1,7-24H,25-26H2,2-5H3;5-22H,23-24H2,1-4H3;2-3,5-8,10-11,14-16,29H,12-13H2,1H3,(H,26,27);5-14,20H,15-16H2,1-4H3;1-8H;1H,2-4H3. The Kier molecular flexibility index (Phi) is 41.0. The lowest BCUT2D eigenvalue weighted by atomic mass is 10.0. The van der Waals surface area contributed by atoms with E-state index in [9.17, 15) is 4.39 Å². The Hall–Kier alpha value is -12.1. The first-order valence-corrected chi connectivity index (χ1v) is 59.8. The van der Waals surface area contributed by atoms with Crippen molar-refractivity contribution in [3.63, 3.8) is 0 Å². The normalized spacial score (nSPS) is 11.4. The lowest BCUT2D eigenvalue weighted by Gasteiger charge is -2.43. The fourth-order valence-corrected chi connectivity index (χ4v) is 31.6. The number of aliphatic hydroxyl groups is 1. The fraction of sp³-hybridized carbons (Fsp3) is 0.218. The van der Waals surface area contributed by atoms with Gasteiger partial charge in [-0.15, -0.1) is 18.4 Å². The number of pyridine rings is 1. The van der Waals surface area contributed by atoms with Crippen LogP contribution in [0.4, 0.5) is 21.5 Å². The lowest BCUT2D eigenvalue weighted by molar-refractivity contribution is 0.299. The highest BCUT2D eigenvalue weighted by molar-refractivity contribution is 9.11. The van der Waals surface area contributed by atoms with Crippen molar-refractivity contribution in [2.24, 2.45) is 0 Å². The van der Waals surface area contributed by atoms with Crippen LogP contribution in [0.3, 0.4) is 0 Å². The Labute approximate surface area is 874 Å². The molecule has 0 saturated heterocycles. The summed E-state index contributed by atoms with van der Waals surface area (Å²) in [6.45, 7) is 32.5. The minimum Gasteiger partial charge on any atom is -0.406 e. The van der Waals surface area contributed by atoms with E-state index in [1.807, 2.05) is 67.5 Å². The smallest absolute Gasteiger partial charge is 0.261 e. The molecule has 0 aliphatic rings. The van der Waals surface area contributed by atoms with E-state index in [1.54, 1.807) is 6.07 Å². The van der Waals surface area contributed by atoms with E-state index in [0.29, 0.717) is 36.5 Å². The van der Waals surface area contributed by atoms with Crippen molar-refractivity contribution >= 4 is 140 Å². The highest BCUT2D eigenvalue weighted by Gasteiger charge is 2.52. The van der Waals surface area contributed by atoms with Crippen molar-refractivity contribution < 1.29 is 22.8 Å². The van der Waals surface area contributed by atoms with Gasteiger partial charge in [0.1, 0.15) is 19.5 Å². The number of terminal acetylenes is 2.